The number of aryl methyl sites for hydroxylation is 2. The second-order valence-electron chi connectivity index (χ2n) is 14.7. The topological polar surface area (TPSA) is 132 Å². The monoisotopic (exact) mass is 804 g/mol. The minimum absolute atomic E-state index is 0.170. The number of hydrogen-bond acceptors (Lipinski definition) is 8. The van der Waals surface area contributed by atoms with Gasteiger partial charge in [-0.25, -0.2) is 4.79 Å². The summed E-state index contributed by atoms with van der Waals surface area (Å²) in [7, 11) is 1.55. The molecule has 0 bridgehead atoms. The van der Waals surface area contributed by atoms with Gasteiger partial charge >= 0.3 is 5.97 Å². The summed E-state index contributed by atoms with van der Waals surface area (Å²) in [6.07, 6.45) is 5.03. The number of piperazine rings is 1. The third-order valence-electron chi connectivity index (χ3n) is 11.0. The molecule has 8 rings (SSSR count). The molecule has 0 radical (unpaired) electrons. The fourth-order valence-corrected chi connectivity index (χ4v) is 9.18. The number of para-hydroxylation sites is 1. The maximum Gasteiger partial charge on any atom is 0.352 e. The van der Waals surface area contributed by atoms with Crippen LogP contribution in [0.2, 0.25) is 0 Å². The molecule has 0 unspecified atom stereocenters. The second kappa shape index (κ2) is 16.7. The molecule has 2 aliphatic rings. The van der Waals surface area contributed by atoms with Crippen LogP contribution in [0.1, 0.15) is 33.9 Å². The number of aromatic carboxylic acids is 1. The minimum atomic E-state index is -3.44. The lowest BCUT2D eigenvalue weighted by atomic mass is 9.98. The van der Waals surface area contributed by atoms with Crippen LogP contribution in [-0.4, -0.2) is 95.9 Å². The van der Waals surface area contributed by atoms with E-state index in [2.05, 4.69) is 17.0 Å². The van der Waals surface area contributed by atoms with E-state index < -0.39 is 16.2 Å². The molecule has 4 heterocycles. The predicted molar refractivity (Wildman–Crippen MR) is 225 cm³/mol. The number of fused-ring (bicyclic) bond motifs is 3. The molecule has 0 amide bonds. The third-order valence-corrected chi connectivity index (χ3v) is 12.9. The van der Waals surface area contributed by atoms with Crippen LogP contribution in [0.3, 0.4) is 0 Å². The highest BCUT2D eigenvalue weighted by Gasteiger charge is 2.30. The van der Waals surface area contributed by atoms with Gasteiger partial charge in [0.15, 0.2) is 0 Å². The molecule has 0 saturated carbocycles. The van der Waals surface area contributed by atoms with Crippen LogP contribution < -0.4 is 14.4 Å². The van der Waals surface area contributed by atoms with Crippen molar-refractivity contribution in [3.05, 3.63) is 120 Å². The Hall–Kier alpha value is -5.67. The summed E-state index contributed by atoms with van der Waals surface area (Å²) in [5, 5.41) is 18.7. The lowest BCUT2D eigenvalue weighted by Crippen LogP contribution is -2.51. The van der Waals surface area contributed by atoms with Crippen LogP contribution in [0, 0.1) is 0 Å². The molecule has 2 aliphatic heterocycles. The molecule has 302 valence electrons. The van der Waals surface area contributed by atoms with Crippen LogP contribution in [0.15, 0.2) is 97.1 Å². The molecule has 0 spiro atoms. The highest BCUT2D eigenvalue weighted by molar-refractivity contribution is 7.86. The highest BCUT2D eigenvalue weighted by atomic mass is 32.2. The zero-order valence-electron chi connectivity index (χ0n) is 33.0. The Bertz CT molecular complexity index is 2580. The predicted octanol–water partition coefficient (Wildman–Crippen LogP) is 6.50. The first-order valence-corrected chi connectivity index (χ1v) is 20.9. The van der Waals surface area contributed by atoms with Crippen molar-refractivity contribution >= 4 is 43.5 Å². The summed E-state index contributed by atoms with van der Waals surface area (Å²) < 4.78 is 50.4. The summed E-state index contributed by atoms with van der Waals surface area (Å²) in [6.45, 7) is 3.63. The van der Waals surface area contributed by atoms with Crippen molar-refractivity contribution < 1.29 is 32.5 Å². The Labute approximate surface area is 338 Å². The average molecular weight is 805 g/mol. The molecule has 1 saturated heterocycles. The molecule has 14 heteroatoms. The van der Waals surface area contributed by atoms with Gasteiger partial charge in [0.25, 0.3) is 10.2 Å². The van der Waals surface area contributed by atoms with E-state index in [0.29, 0.717) is 76.8 Å². The fourth-order valence-electron chi connectivity index (χ4n) is 8.10. The molecule has 4 aromatic carbocycles. The van der Waals surface area contributed by atoms with Crippen molar-refractivity contribution in [3.63, 3.8) is 0 Å². The van der Waals surface area contributed by atoms with E-state index in [-0.39, 0.29) is 12.3 Å². The number of aromatic nitrogens is 3. The van der Waals surface area contributed by atoms with Gasteiger partial charge in [0.05, 0.1) is 31.0 Å². The van der Waals surface area contributed by atoms with Crippen LogP contribution in [-0.2, 0) is 48.2 Å². The summed E-state index contributed by atoms with van der Waals surface area (Å²) in [4.78, 5) is 15.3. The number of nitrogens with zero attached hydrogens (tertiary/aromatic N) is 6. The molecule has 6 aromatic rings. The first-order chi connectivity index (χ1) is 28.1. The van der Waals surface area contributed by atoms with E-state index in [1.165, 1.54) is 8.61 Å². The number of hydrogen-bond donors (Lipinski definition) is 1. The van der Waals surface area contributed by atoms with Gasteiger partial charge in [-0.1, -0.05) is 66.7 Å². The molecule has 13 nitrogen and oxygen atoms in total. The average Bonchev–Trinajstić information content (AvgIpc) is 3.71. The smallest absolute Gasteiger partial charge is 0.352 e. The Balaban J connectivity index is 1.06. The van der Waals surface area contributed by atoms with Crippen LogP contribution in [0.4, 0.5) is 5.69 Å². The summed E-state index contributed by atoms with van der Waals surface area (Å²) in [6, 6.07) is 28.0. The van der Waals surface area contributed by atoms with E-state index in [9.17, 15) is 18.3 Å². The molecule has 2 aromatic heterocycles. The Morgan fingerprint density at radius 3 is 2.41 bits per heavy atom. The van der Waals surface area contributed by atoms with Gasteiger partial charge in [0, 0.05) is 81.5 Å². The van der Waals surface area contributed by atoms with Gasteiger partial charge in [0.2, 0.25) is 0 Å². The standard InChI is InChI=1S/C44H48N6O7S/c1-46(2)58(53,54)49-25-23-48(24-26-49)32-18-20-33(21-19-32)57-29-38-41-37-15-9-14-35-36(16-10-28-56-40-17-8-12-31-11-4-5-13-34(31)40)43(44(51)52)50(42(35)37)22-6-7-27-55-30-39(41)47(3)45-38/h4-9,11-15,17-21H,10,16,22-30H2,1-3H3,(H,51,52). The van der Waals surface area contributed by atoms with E-state index >= 15 is 0 Å². The number of carbonyl (C=O) groups is 1. The maximum atomic E-state index is 13.1. The molecule has 1 fully saturated rings. The number of benzene rings is 4. The number of carboxylic acid groups (broad SMARTS) is 1. The molecule has 1 N–H and O–H groups in total. The van der Waals surface area contributed by atoms with Gasteiger partial charge in [-0.15, -0.1) is 0 Å². The van der Waals surface area contributed by atoms with Crippen LogP contribution in [0.5, 0.6) is 11.5 Å². The molecule has 58 heavy (non-hydrogen) atoms. The third kappa shape index (κ3) is 7.67. The fraction of sp³-hybridized carbons (Fsp3) is 0.318. The SMILES string of the molecule is CN(C)S(=O)(=O)N1CCN(c2ccc(OCc3nn(C)c4c3-c3cccc5c(CCCOc6cccc7ccccc67)c(C(=O)O)n(c35)CC=CCOC4)cc2)CC1. The van der Waals surface area contributed by atoms with E-state index in [1.54, 1.807) is 14.1 Å². The Morgan fingerprint density at radius 2 is 1.64 bits per heavy atom. The Morgan fingerprint density at radius 1 is 0.897 bits per heavy atom. The zero-order valence-corrected chi connectivity index (χ0v) is 33.8. The van der Waals surface area contributed by atoms with Gasteiger partial charge in [-0.05, 0) is 54.1 Å². The van der Waals surface area contributed by atoms with Crippen molar-refractivity contribution in [2.45, 2.75) is 32.6 Å². The molecular weight excluding hydrogens is 757 g/mol. The van der Waals surface area contributed by atoms with Crippen molar-refractivity contribution in [2.75, 3.05) is 58.4 Å². The van der Waals surface area contributed by atoms with Gasteiger partial charge in [-0.3, -0.25) is 4.68 Å². The van der Waals surface area contributed by atoms with E-state index in [0.717, 1.165) is 55.5 Å². The number of allylic oxidation sites excluding steroid dienone is 1. The number of carboxylic acids is 1. The summed E-state index contributed by atoms with van der Waals surface area (Å²) in [5.41, 5.74) is 6.15. The van der Waals surface area contributed by atoms with Crippen molar-refractivity contribution in [1.82, 2.24) is 23.0 Å². The van der Waals surface area contributed by atoms with Gasteiger partial charge in [0.1, 0.15) is 29.5 Å². The molecule has 0 aliphatic carbocycles. The lowest BCUT2D eigenvalue weighted by molar-refractivity contribution is 0.0685. The van der Waals surface area contributed by atoms with Crippen molar-refractivity contribution in [1.29, 1.82) is 0 Å². The highest BCUT2D eigenvalue weighted by Crippen LogP contribution is 2.39. The van der Waals surface area contributed by atoms with Crippen molar-refractivity contribution in [2.24, 2.45) is 7.05 Å². The van der Waals surface area contributed by atoms with Crippen LogP contribution in [0.25, 0.3) is 32.8 Å². The van der Waals surface area contributed by atoms with E-state index in [4.69, 9.17) is 19.3 Å². The quantitative estimate of drug-likeness (QED) is 0.109. The van der Waals surface area contributed by atoms with Gasteiger partial charge < -0.3 is 28.8 Å². The Kier molecular flexibility index (Phi) is 11.3. The van der Waals surface area contributed by atoms with Crippen molar-refractivity contribution in [3.8, 4) is 22.6 Å². The number of ether oxygens (including phenoxy) is 3. The maximum absolute atomic E-state index is 13.1. The molecule has 0 atom stereocenters. The van der Waals surface area contributed by atoms with E-state index in [1.807, 2.05) is 101 Å². The largest absolute Gasteiger partial charge is 0.493 e. The van der Waals surface area contributed by atoms with Gasteiger partial charge in [-0.2, -0.15) is 22.1 Å². The zero-order chi connectivity index (χ0) is 40.4. The number of rotatable bonds is 12. The van der Waals surface area contributed by atoms with Crippen LogP contribution >= 0.6 is 0 Å². The minimum Gasteiger partial charge on any atom is -0.493 e. The number of anilines is 1. The normalized spacial score (nSPS) is 15.1. The first kappa shape index (κ1) is 39.2. The summed E-state index contributed by atoms with van der Waals surface area (Å²) >= 11 is 0. The second-order valence-corrected chi connectivity index (χ2v) is 16.9. The molecular formula is C44H48N6O7S. The summed E-state index contributed by atoms with van der Waals surface area (Å²) in [5.74, 6) is 0.494. The lowest BCUT2D eigenvalue weighted by Gasteiger charge is -2.36. The first-order valence-electron chi connectivity index (χ1n) is 19.5.